The van der Waals surface area contributed by atoms with E-state index in [1.165, 1.54) is 11.1 Å². The molecule has 5 rings (SSSR count). The van der Waals surface area contributed by atoms with Gasteiger partial charge in [-0.25, -0.2) is 9.50 Å². The molecule has 1 saturated heterocycles. The first-order valence-corrected chi connectivity index (χ1v) is 12.1. The quantitative estimate of drug-likeness (QED) is 0.448. The zero-order valence-electron chi connectivity index (χ0n) is 20.5. The minimum absolute atomic E-state index is 0.0777. The van der Waals surface area contributed by atoms with Crippen LogP contribution < -0.4 is 15.0 Å². The molecule has 35 heavy (non-hydrogen) atoms. The standard InChI is InChI=1S/C28H31N5O2/c1-19-9-10-24(20(2)14-19)25-16-26-27(29-11-13-33(26)31-25)32-12-5-7-22(18-32)28(34)30-17-21-6-4-8-23(15-21)35-3/h4,6,8-11,13-16,22H,5,7,12,17-18H2,1-3H3,(H,30,34). The molecule has 0 aliphatic carbocycles. The molecular formula is C28H31N5O2. The molecule has 1 atom stereocenters. The summed E-state index contributed by atoms with van der Waals surface area (Å²) in [5.41, 5.74) is 6.48. The summed E-state index contributed by atoms with van der Waals surface area (Å²) < 4.78 is 7.18. The normalized spacial score (nSPS) is 15.9. The van der Waals surface area contributed by atoms with Gasteiger partial charge in [-0.15, -0.1) is 0 Å². The fourth-order valence-corrected chi connectivity index (χ4v) is 4.88. The predicted octanol–water partition coefficient (Wildman–Crippen LogP) is 4.55. The van der Waals surface area contributed by atoms with Crippen molar-refractivity contribution < 1.29 is 9.53 Å². The number of piperidine rings is 1. The SMILES string of the molecule is COc1cccc(CNC(=O)C2CCCN(c3nccn4nc(-c5ccc(C)cc5C)cc34)C2)c1. The van der Waals surface area contributed by atoms with Gasteiger partial charge >= 0.3 is 0 Å². The van der Waals surface area contributed by atoms with Gasteiger partial charge in [-0.3, -0.25) is 4.79 Å². The van der Waals surface area contributed by atoms with Crippen LogP contribution in [0.2, 0.25) is 0 Å². The topological polar surface area (TPSA) is 71.8 Å². The number of carbonyl (C=O) groups is 1. The molecule has 3 heterocycles. The molecule has 0 bridgehead atoms. The molecule has 0 radical (unpaired) electrons. The van der Waals surface area contributed by atoms with Crippen LogP contribution in [-0.2, 0) is 11.3 Å². The highest BCUT2D eigenvalue weighted by molar-refractivity contribution is 5.81. The Morgan fingerprint density at radius 1 is 1.17 bits per heavy atom. The summed E-state index contributed by atoms with van der Waals surface area (Å²) in [5.74, 6) is 1.66. The first-order valence-electron chi connectivity index (χ1n) is 12.1. The van der Waals surface area contributed by atoms with Crippen LogP contribution in [0.15, 0.2) is 60.9 Å². The second kappa shape index (κ2) is 9.78. The molecule has 7 nitrogen and oxygen atoms in total. The van der Waals surface area contributed by atoms with E-state index in [0.29, 0.717) is 13.1 Å². The number of amides is 1. The van der Waals surface area contributed by atoms with Gasteiger partial charge in [-0.05, 0) is 56.0 Å². The summed E-state index contributed by atoms with van der Waals surface area (Å²) in [6.45, 7) is 6.21. The Bertz CT molecular complexity index is 1360. The van der Waals surface area contributed by atoms with E-state index in [0.717, 1.165) is 53.3 Å². The Morgan fingerprint density at radius 3 is 2.89 bits per heavy atom. The Kier molecular flexibility index (Phi) is 6.40. The van der Waals surface area contributed by atoms with Gasteiger partial charge in [-0.1, -0.05) is 35.9 Å². The molecule has 180 valence electrons. The highest BCUT2D eigenvalue weighted by atomic mass is 16.5. The van der Waals surface area contributed by atoms with Crippen molar-refractivity contribution in [1.29, 1.82) is 0 Å². The van der Waals surface area contributed by atoms with Crippen molar-refractivity contribution in [3.63, 3.8) is 0 Å². The van der Waals surface area contributed by atoms with Crippen LogP contribution in [0.25, 0.3) is 16.8 Å². The van der Waals surface area contributed by atoms with Crippen molar-refractivity contribution in [1.82, 2.24) is 19.9 Å². The second-order valence-corrected chi connectivity index (χ2v) is 9.28. The third-order valence-electron chi connectivity index (χ3n) is 6.72. The van der Waals surface area contributed by atoms with Gasteiger partial charge in [0.15, 0.2) is 5.82 Å². The van der Waals surface area contributed by atoms with Gasteiger partial charge in [0.05, 0.1) is 18.7 Å². The van der Waals surface area contributed by atoms with Crippen LogP contribution in [-0.4, -0.2) is 40.7 Å². The number of benzene rings is 2. The number of fused-ring (bicyclic) bond motifs is 1. The Balaban J connectivity index is 1.33. The van der Waals surface area contributed by atoms with Crippen LogP contribution in [0.1, 0.15) is 29.5 Å². The van der Waals surface area contributed by atoms with Gasteiger partial charge in [0.1, 0.15) is 11.3 Å². The molecule has 1 aliphatic rings. The van der Waals surface area contributed by atoms with Gasteiger partial charge < -0.3 is 15.0 Å². The minimum Gasteiger partial charge on any atom is -0.497 e. The predicted molar refractivity (Wildman–Crippen MR) is 138 cm³/mol. The number of methoxy groups -OCH3 is 1. The largest absolute Gasteiger partial charge is 0.497 e. The molecule has 2 aromatic carbocycles. The lowest BCUT2D eigenvalue weighted by molar-refractivity contribution is -0.125. The molecule has 2 aromatic heterocycles. The molecule has 7 heteroatoms. The summed E-state index contributed by atoms with van der Waals surface area (Å²) in [4.78, 5) is 19.9. The van der Waals surface area contributed by atoms with Gasteiger partial charge in [0, 0.05) is 37.6 Å². The number of anilines is 1. The van der Waals surface area contributed by atoms with E-state index in [1.54, 1.807) is 13.3 Å². The van der Waals surface area contributed by atoms with Gasteiger partial charge in [-0.2, -0.15) is 5.10 Å². The molecular weight excluding hydrogens is 438 g/mol. The molecule has 1 amide bonds. The molecule has 0 saturated carbocycles. The summed E-state index contributed by atoms with van der Waals surface area (Å²) in [5, 5.41) is 7.93. The zero-order valence-corrected chi connectivity index (χ0v) is 20.5. The fraction of sp³-hybridized carbons (Fsp3) is 0.321. The van der Waals surface area contributed by atoms with Crippen LogP contribution >= 0.6 is 0 Å². The maximum absolute atomic E-state index is 13.0. The summed E-state index contributed by atoms with van der Waals surface area (Å²) in [6, 6.07) is 16.3. The minimum atomic E-state index is -0.0850. The average molecular weight is 470 g/mol. The fourth-order valence-electron chi connectivity index (χ4n) is 4.88. The summed E-state index contributed by atoms with van der Waals surface area (Å²) >= 11 is 0. The van der Waals surface area contributed by atoms with Crippen LogP contribution in [0.4, 0.5) is 5.82 Å². The molecule has 0 spiro atoms. The van der Waals surface area contributed by atoms with Crippen molar-refractivity contribution in [2.24, 2.45) is 5.92 Å². The van der Waals surface area contributed by atoms with E-state index in [1.807, 2.05) is 35.0 Å². The first-order chi connectivity index (χ1) is 17.0. The smallest absolute Gasteiger partial charge is 0.225 e. The summed E-state index contributed by atoms with van der Waals surface area (Å²) in [7, 11) is 1.65. The number of rotatable bonds is 6. The third-order valence-corrected chi connectivity index (χ3v) is 6.72. The van der Waals surface area contributed by atoms with Crippen molar-refractivity contribution in [2.45, 2.75) is 33.2 Å². The van der Waals surface area contributed by atoms with Gasteiger partial charge in [0.2, 0.25) is 5.91 Å². The van der Waals surface area contributed by atoms with E-state index in [-0.39, 0.29) is 11.8 Å². The van der Waals surface area contributed by atoms with Crippen molar-refractivity contribution in [3.8, 4) is 17.0 Å². The van der Waals surface area contributed by atoms with Gasteiger partial charge in [0.25, 0.3) is 0 Å². The zero-order chi connectivity index (χ0) is 24.4. The highest BCUT2D eigenvalue weighted by Gasteiger charge is 2.28. The maximum atomic E-state index is 13.0. The number of aryl methyl sites for hydroxylation is 2. The number of hydrogen-bond donors (Lipinski definition) is 1. The third kappa shape index (κ3) is 4.85. The number of ether oxygens (including phenoxy) is 1. The number of aromatic nitrogens is 3. The highest BCUT2D eigenvalue weighted by Crippen LogP contribution is 2.30. The van der Waals surface area contributed by atoms with E-state index >= 15 is 0 Å². The molecule has 1 N–H and O–H groups in total. The monoisotopic (exact) mass is 469 g/mol. The molecule has 1 fully saturated rings. The summed E-state index contributed by atoms with van der Waals surface area (Å²) in [6.07, 6.45) is 5.48. The number of nitrogens with one attached hydrogen (secondary N) is 1. The first kappa shape index (κ1) is 22.9. The van der Waals surface area contributed by atoms with Crippen LogP contribution in [0.5, 0.6) is 5.75 Å². The van der Waals surface area contributed by atoms with Crippen molar-refractivity contribution in [3.05, 3.63) is 77.6 Å². The lowest BCUT2D eigenvalue weighted by Crippen LogP contribution is -2.43. The van der Waals surface area contributed by atoms with Crippen molar-refractivity contribution in [2.75, 3.05) is 25.1 Å². The Hall–Kier alpha value is -3.87. The van der Waals surface area contributed by atoms with E-state index in [2.05, 4.69) is 48.3 Å². The van der Waals surface area contributed by atoms with Crippen molar-refractivity contribution >= 4 is 17.2 Å². The van der Waals surface area contributed by atoms with Crippen LogP contribution in [0.3, 0.4) is 0 Å². The second-order valence-electron chi connectivity index (χ2n) is 9.28. The number of nitrogens with zero attached hydrogens (tertiary/aromatic N) is 4. The molecule has 1 aliphatic heterocycles. The van der Waals surface area contributed by atoms with E-state index in [4.69, 9.17) is 14.8 Å². The lowest BCUT2D eigenvalue weighted by atomic mass is 9.97. The lowest BCUT2D eigenvalue weighted by Gasteiger charge is -2.33. The average Bonchev–Trinajstić information content (AvgIpc) is 3.31. The van der Waals surface area contributed by atoms with E-state index in [9.17, 15) is 4.79 Å². The van der Waals surface area contributed by atoms with E-state index < -0.39 is 0 Å². The van der Waals surface area contributed by atoms with Crippen LogP contribution in [0, 0.1) is 19.8 Å². The number of hydrogen-bond acceptors (Lipinski definition) is 5. The Labute approximate surface area is 205 Å². The number of carbonyl (C=O) groups excluding carboxylic acids is 1. The molecule has 4 aromatic rings. The Morgan fingerprint density at radius 2 is 2.06 bits per heavy atom. The maximum Gasteiger partial charge on any atom is 0.225 e. The molecule has 1 unspecified atom stereocenters.